The second-order valence-electron chi connectivity index (χ2n) is 3.30. The maximum atomic E-state index is 11.4. The van der Waals surface area contributed by atoms with Crippen molar-refractivity contribution < 1.29 is 14.3 Å². The van der Waals surface area contributed by atoms with Crippen molar-refractivity contribution in [1.82, 2.24) is 10.6 Å². The number of carbonyl (C=O) groups is 2. The van der Waals surface area contributed by atoms with Crippen molar-refractivity contribution in [3.8, 4) is 0 Å². The van der Waals surface area contributed by atoms with Crippen LogP contribution in [0, 0.1) is 0 Å². The second-order valence-corrected chi connectivity index (χ2v) is 3.30. The average Bonchev–Trinajstić information content (AvgIpc) is 2.17. The molecule has 2 amide bonds. The molecular weight excluding hydrogens is 198 g/mol. The van der Waals surface area contributed by atoms with E-state index in [9.17, 15) is 9.59 Å². The predicted molar refractivity (Wildman–Crippen MR) is 56.1 cm³/mol. The summed E-state index contributed by atoms with van der Waals surface area (Å²) in [5.41, 5.74) is 5.34. The number of hydrogen-bond donors (Lipinski definition) is 3. The Morgan fingerprint density at radius 2 is 1.93 bits per heavy atom. The molecule has 0 aromatic rings. The number of carbonyl (C=O) groups excluding carboxylic acids is 2. The zero-order chi connectivity index (χ0) is 11.8. The van der Waals surface area contributed by atoms with Gasteiger partial charge in [0, 0.05) is 13.7 Å². The summed E-state index contributed by atoms with van der Waals surface area (Å²) in [4.78, 5) is 22.5. The number of nitrogens with two attached hydrogens (primary N) is 1. The summed E-state index contributed by atoms with van der Waals surface area (Å²) in [5.74, 6) is -0.592. The van der Waals surface area contributed by atoms with E-state index in [0.717, 1.165) is 0 Å². The van der Waals surface area contributed by atoms with Crippen molar-refractivity contribution >= 4 is 11.8 Å². The molecule has 0 saturated heterocycles. The number of methoxy groups -OCH3 is 1. The Kier molecular flexibility index (Phi) is 6.64. The summed E-state index contributed by atoms with van der Waals surface area (Å²) in [6.45, 7) is 4.03. The van der Waals surface area contributed by atoms with Crippen LogP contribution in [0.15, 0.2) is 0 Å². The van der Waals surface area contributed by atoms with Crippen molar-refractivity contribution in [2.45, 2.75) is 25.9 Å². The van der Waals surface area contributed by atoms with Crippen molar-refractivity contribution in [1.29, 1.82) is 0 Å². The molecule has 0 aromatic heterocycles. The maximum Gasteiger partial charge on any atom is 0.242 e. The van der Waals surface area contributed by atoms with Gasteiger partial charge in [0.2, 0.25) is 11.8 Å². The molecule has 0 fully saturated rings. The lowest BCUT2D eigenvalue weighted by Crippen LogP contribution is -2.49. The molecule has 0 aliphatic rings. The molecule has 0 aliphatic carbocycles. The van der Waals surface area contributed by atoms with Crippen LogP contribution in [-0.2, 0) is 14.3 Å². The van der Waals surface area contributed by atoms with E-state index >= 15 is 0 Å². The third kappa shape index (κ3) is 6.03. The third-order valence-corrected chi connectivity index (χ3v) is 1.77. The summed E-state index contributed by atoms with van der Waals surface area (Å²) >= 11 is 0. The Morgan fingerprint density at radius 3 is 2.40 bits per heavy atom. The Hall–Kier alpha value is -1.14. The minimum atomic E-state index is -0.612. The second kappa shape index (κ2) is 7.19. The lowest BCUT2D eigenvalue weighted by atomic mass is 10.2. The number of amides is 2. The fourth-order valence-corrected chi connectivity index (χ4v) is 0.840. The molecular formula is C9H19N3O3. The topological polar surface area (TPSA) is 93.5 Å². The minimum absolute atomic E-state index is 0.249. The van der Waals surface area contributed by atoms with E-state index in [0.29, 0.717) is 13.2 Å². The molecule has 0 bridgehead atoms. The van der Waals surface area contributed by atoms with Crippen LogP contribution in [0.5, 0.6) is 0 Å². The Balaban J connectivity index is 3.83. The fourth-order valence-electron chi connectivity index (χ4n) is 0.840. The summed E-state index contributed by atoms with van der Waals surface area (Å²) < 4.78 is 4.77. The smallest absolute Gasteiger partial charge is 0.242 e. The molecule has 0 aliphatic heterocycles. The number of rotatable bonds is 6. The Bertz CT molecular complexity index is 219. The lowest BCUT2D eigenvalue weighted by molar-refractivity contribution is -0.129. The van der Waals surface area contributed by atoms with Gasteiger partial charge in [0.25, 0.3) is 0 Å². The van der Waals surface area contributed by atoms with Gasteiger partial charge >= 0.3 is 0 Å². The van der Waals surface area contributed by atoms with E-state index in [4.69, 9.17) is 10.5 Å². The van der Waals surface area contributed by atoms with Crippen LogP contribution in [0.4, 0.5) is 0 Å². The Labute approximate surface area is 89.5 Å². The highest BCUT2D eigenvalue weighted by atomic mass is 16.5. The third-order valence-electron chi connectivity index (χ3n) is 1.77. The van der Waals surface area contributed by atoms with Crippen LogP contribution >= 0.6 is 0 Å². The predicted octanol–water partition coefficient (Wildman–Crippen LogP) is -1.40. The van der Waals surface area contributed by atoms with Crippen molar-refractivity contribution in [3.05, 3.63) is 0 Å². The molecule has 6 nitrogen and oxygen atoms in total. The summed E-state index contributed by atoms with van der Waals surface area (Å²) in [7, 11) is 1.55. The standard InChI is InChI=1S/C9H19N3O3/c1-6(10)8(13)12-7(2)9(14)11-4-5-15-3/h6-7H,4-5,10H2,1-3H3,(H,11,14)(H,12,13)/t6-,7?/m1/s1. The molecule has 0 radical (unpaired) electrons. The first-order chi connectivity index (χ1) is 6.99. The van der Waals surface area contributed by atoms with Crippen LogP contribution in [0.25, 0.3) is 0 Å². The zero-order valence-electron chi connectivity index (χ0n) is 9.37. The van der Waals surface area contributed by atoms with E-state index in [1.165, 1.54) is 0 Å². The van der Waals surface area contributed by atoms with Crippen LogP contribution in [0.1, 0.15) is 13.8 Å². The van der Waals surface area contributed by atoms with Crippen LogP contribution < -0.4 is 16.4 Å². The number of ether oxygens (including phenoxy) is 1. The molecule has 2 atom stereocenters. The maximum absolute atomic E-state index is 11.4. The summed E-state index contributed by atoms with van der Waals surface area (Å²) in [5, 5.41) is 5.10. The first kappa shape index (κ1) is 13.9. The van der Waals surface area contributed by atoms with Crippen molar-refractivity contribution in [2.24, 2.45) is 5.73 Å². The molecule has 0 aromatic carbocycles. The van der Waals surface area contributed by atoms with Gasteiger partial charge in [0.05, 0.1) is 12.6 Å². The zero-order valence-corrected chi connectivity index (χ0v) is 9.37. The molecule has 0 heterocycles. The molecule has 4 N–H and O–H groups in total. The molecule has 0 saturated carbocycles. The van der Waals surface area contributed by atoms with Gasteiger partial charge in [0.15, 0.2) is 0 Å². The molecule has 88 valence electrons. The normalized spacial score (nSPS) is 14.1. The molecule has 0 rings (SSSR count). The van der Waals surface area contributed by atoms with Crippen LogP contribution in [0.3, 0.4) is 0 Å². The van der Waals surface area contributed by atoms with Crippen LogP contribution in [0.2, 0.25) is 0 Å². The van der Waals surface area contributed by atoms with E-state index < -0.39 is 12.1 Å². The molecule has 1 unspecified atom stereocenters. The Morgan fingerprint density at radius 1 is 1.33 bits per heavy atom. The van der Waals surface area contributed by atoms with Gasteiger partial charge in [-0.25, -0.2) is 0 Å². The molecule has 6 heteroatoms. The quantitative estimate of drug-likeness (QED) is 0.477. The van der Waals surface area contributed by atoms with Crippen LogP contribution in [-0.4, -0.2) is 44.2 Å². The van der Waals surface area contributed by atoms with Gasteiger partial charge in [-0.1, -0.05) is 0 Å². The van der Waals surface area contributed by atoms with Gasteiger partial charge in [-0.2, -0.15) is 0 Å². The largest absolute Gasteiger partial charge is 0.383 e. The summed E-state index contributed by atoms with van der Waals surface area (Å²) in [6.07, 6.45) is 0. The van der Waals surface area contributed by atoms with E-state index in [-0.39, 0.29) is 11.8 Å². The van der Waals surface area contributed by atoms with E-state index in [1.807, 2.05) is 0 Å². The van der Waals surface area contributed by atoms with Gasteiger partial charge in [-0.05, 0) is 13.8 Å². The number of hydrogen-bond acceptors (Lipinski definition) is 4. The average molecular weight is 217 g/mol. The minimum Gasteiger partial charge on any atom is -0.383 e. The van der Waals surface area contributed by atoms with Crippen molar-refractivity contribution in [2.75, 3.05) is 20.3 Å². The van der Waals surface area contributed by atoms with Gasteiger partial charge in [0.1, 0.15) is 6.04 Å². The molecule has 0 spiro atoms. The first-order valence-electron chi connectivity index (χ1n) is 4.81. The monoisotopic (exact) mass is 217 g/mol. The highest BCUT2D eigenvalue weighted by molar-refractivity contribution is 5.89. The highest BCUT2D eigenvalue weighted by Gasteiger charge is 2.16. The summed E-state index contributed by atoms with van der Waals surface area (Å²) in [6, 6.07) is -1.19. The van der Waals surface area contributed by atoms with E-state index in [2.05, 4.69) is 10.6 Å². The highest BCUT2D eigenvalue weighted by Crippen LogP contribution is 1.84. The van der Waals surface area contributed by atoms with Gasteiger partial charge < -0.3 is 21.1 Å². The van der Waals surface area contributed by atoms with Gasteiger partial charge in [-0.15, -0.1) is 0 Å². The molecule has 15 heavy (non-hydrogen) atoms. The first-order valence-corrected chi connectivity index (χ1v) is 4.81. The SMILES string of the molecule is COCCNC(=O)C(C)NC(=O)[C@@H](C)N. The van der Waals surface area contributed by atoms with Gasteiger partial charge in [-0.3, -0.25) is 9.59 Å². The number of nitrogens with one attached hydrogen (secondary N) is 2. The van der Waals surface area contributed by atoms with Crippen molar-refractivity contribution in [3.63, 3.8) is 0 Å². The fraction of sp³-hybridized carbons (Fsp3) is 0.778. The lowest BCUT2D eigenvalue weighted by Gasteiger charge is -2.15. The van der Waals surface area contributed by atoms with E-state index in [1.54, 1.807) is 21.0 Å².